The number of aromatic nitrogens is 2. The van der Waals surface area contributed by atoms with E-state index in [-0.39, 0.29) is 0 Å². The molecule has 1 fully saturated rings. The molecule has 0 aliphatic heterocycles. The van der Waals surface area contributed by atoms with Crippen LogP contribution in [0.15, 0.2) is 10.9 Å². The van der Waals surface area contributed by atoms with Crippen molar-refractivity contribution in [3.8, 4) is 0 Å². The topological polar surface area (TPSA) is 80.4 Å². The van der Waals surface area contributed by atoms with Crippen molar-refractivity contribution in [1.29, 1.82) is 0 Å². The number of hydrogen-bond acceptors (Lipinski definition) is 6. The minimum atomic E-state index is -0.487. The molecule has 1 aromatic heterocycles. The number of rotatable bonds is 7. The van der Waals surface area contributed by atoms with Crippen molar-refractivity contribution in [3.63, 3.8) is 0 Å². The average molecular weight is 255 g/mol. The van der Waals surface area contributed by atoms with Crippen LogP contribution in [-0.4, -0.2) is 40.6 Å². The van der Waals surface area contributed by atoms with Gasteiger partial charge in [-0.15, -0.1) is 0 Å². The van der Waals surface area contributed by atoms with E-state index in [4.69, 9.17) is 4.74 Å². The van der Waals surface area contributed by atoms with E-state index in [0.717, 1.165) is 12.8 Å². The summed E-state index contributed by atoms with van der Waals surface area (Å²) in [6.07, 6.45) is 7.21. The van der Waals surface area contributed by atoms with Gasteiger partial charge in [-0.2, -0.15) is 4.98 Å². The Kier molecular flexibility index (Phi) is 5.57. The molecule has 6 heteroatoms. The number of nitrogens with one attached hydrogen (secondary N) is 1. The second-order valence-electron chi connectivity index (χ2n) is 4.73. The van der Waals surface area contributed by atoms with Crippen LogP contribution in [0.3, 0.4) is 0 Å². The summed E-state index contributed by atoms with van der Waals surface area (Å²) >= 11 is 0. The Hall–Kier alpha value is -0.980. The highest BCUT2D eigenvalue weighted by Crippen LogP contribution is 2.20. The van der Waals surface area contributed by atoms with Gasteiger partial charge in [-0.05, 0) is 12.8 Å². The molecule has 2 rings (SSSR count). The summed E-state index contributed by atoms with van der Waals surface area (Å²) in [5.41, 5.74) is 0. The quantitative estimate of drug-likeness (QED) is 0.752. The van der Waals surface area contributed by atoms with Crippen LogP contribution in [0, 0.1) is 0 Å². The minimum Gasteiger partial charge on any atom is -0.389 e. The van der Waals surface area contributed by atoms with Crippen molar-refractivity contribution in [1.82, 2.24) is 15.5 Å². The molecule has 1 aromatic rings. The monoisotopic (exact) mass is 255 g/mol. The lowest BCUT2D eigenvalue weighted by atomic mass is 9.98. The molecule has 1 aliphatic rings. The summed E-state index contributed by atoms with van der Waals surface area (Å²) in [4.78, 5) is 3.88. The van der Waals surface area contributed by atoms with E-state index >= 15 is 0 Å². The van der Waals surface area contributed by atoms with E-state index in [1.54, 1.807) is 0 Å². The molecule has 102 valence electrons. The van der Waals surface area contributed by atoms with Crippen LogP contribution < -0.4 is 5.32 Å². The summed E-state index contributed by atoms with van der Waals surface area (Å²) in [7, 11) is 0. The van der Waals surface area contributed by atoms with Gasteiger partial charge in [0.25, 0.3) is 0 Å². The maximum Gasteiger partial charge on any atom is 0.213 e. The van der Waals surface area contributed by atoms with E-state index in [0.29, 0.717) is 31.6 Å². The first-order chi connectivity index (χ1) is 8.84. The van der Waals surface area contributed by atoms with Gasteiger partial charge in [-0.3, -0.25) is 0 Å². The van der Waals surface area contributed by atoms with Crippen molar-refractivity contribution in [3.05, 3.63) is 12.2 Å². The summed E-state index contributed by atoms with van der Waals surface area (Å²) in [5.74, 6) is 0.593. The molecule has 0 spiro atoms. The van der Waals surface area contributed by atoms with Gasteiger partial charge in [0, 0.05) is 6.54 Å². The Morgan fingerprint density at radius 2 is 2.28 bits per heavy atom. The Bertz CT molecular complexity index is 312. The molecule has 0 radical (unpaired) electrons. The Morgan fingerprint density at radius 1 is 1.44 bits per heavy atom. The maximum absolute atomic E-state index is 9.76. The molecule has 0 bridgehead atoms. The van der Waals surface area contributed by atoms with Gasteiger partial charge in [-0.25, -0.2) is 0 Å². The predicted molar refractivity (Wildman–Crippen MR) is 64.8 cm³/mol. The third-order valence-electron chi connectivity index (χ3n) is 3.15. The fraction of sp³-hybridized carbons (Fsp3) is 0.833. The molecule has 0 amide bonds. The average Bonchev–Trinajstić information content (AvgIpc) is 2.91. The van der Waals surface area contributed by atoms with Crippen LogP contribution in [0.2, 0.25) is 0 Å². The summed E-state index contributed by atoms with van der Waals surface area (Å²) in [5, 5.41) is 16.5. The fourth-order valence-corrected chi connectivity index (χ4v) is 2.16. The van der Waals surface area contributed by atoms with Crippen LogP contribution in [0.4, 0.5) is 0 Å². The maximum atomic E-state index is 9.76. The lowest BCUT2D eigenvalue weighted by molar-refractivity contribution is -0.0230. The molecule has 0 aromatic carbocycles. The first-order valence-corrected chi connectivity index (χ1v) is 6.60. The number of nitrogens with zero attached hydrogens (tertiary/aromatic N) is 2. The number of ether oxygens (including phenoxy) is 1. The van der Waals surface area contributed by atoms with Gasteiger partial charge in [-0.1, -0.05) is 24.4 Å². The highest BCUT2D eigenvalue weighted by Gasteiger charge is 2.15. The standard InChI is InChI=1S/C12H21N3O3/c16-10(6-13-7-12-14-9-18-15-12)8-17-11-4-2-1-3-5-11/h9-11,13,16H,1-8H2. The largest absolute Gasteiger partial charge is 0.389 e. The molecular formula is C12H21N3O3. The Morgan fingerprint density at radius 3 is 3.00 bits per heavy atom. The zero-order valence-electron chi connectivity index (χ0n) is 10.5. The molecule has 1 saturated carbocycles. The predicted octanol–water partition coefficient (Wildman–Crippen LogP) is 0.869. The van der Waals surface area contributed by atoms with Crippen LogP contribution in [0.5, 0.6) is 0 Å². The van der Waals surface area contributed by atoms with Gasteiger partial charge in [0.2, 0.25) is 6.39 Å². The van der Waals surface area contributed by atoms with Gasteiger partial charge in [0.05, 0.1) is 25.4 Å². The molecule has 1 aliphatic carbocycles. The van der Waals surface area contributed by atoms with Crippen LogP contribution >= 0.6 is 0 Å². The minimum absolute atomic E-state index is 0.339. The van der Waals surface area contributed by atoms with Crippen LogP contribution in [0.1, 0.15) is 37.9 Å². The number of aliphatic hydroxyl groups is 1. The Labute approximate surface area is 107 Å². The molecule has 1 atom stereocenters. The lowest BCUT2D eigenvalue weighted by Crippen LogP contribution is -2.32. The highest BCUT2D eigenvalue weighted by atomic mass is 16.5. The third-order valence-corrected chi connectivity index (χ3v) is 3.15. The molecule has 1 unspecified atom stereocenters. The molecular weight excluding hydrogens is 234 g/mol. The van der Waals surface area contributed by atoms with E-state index in [9.17, 15) is 5.11 Å². The zero-order valence-corrected chi connectivity index (χ0v) is 10.5. The van der Waals surface area contributed by atoms with Crippen LogP contribution in [-0.2, 0) is 11.3 Å². The SMILES string of the molecule is OC(CNCc1ncon1)COC1CCCCC1. The third kappa shape index (κ3) is 4.72. The van der Waals surface area contributed by atoms with Crippen molar-refractivity contribution < 1.29 is 14.4 Å². The van der Waals surface area contributed by atoms with Crippen LogP contribution in [0.25, 0.3) is 0 Å². The summed E-state index contributed by atoms with van der Waals surface area (Å²) in [6, 6.07) is 0. The second-order valence-corrected chi connectivity index (χ2v) is 4.73. The highest BCUT2D eigenvalue weighted by molar-refractivity contribution is 4.76. The fourth-order valence-electron chi connectivity index (χ4n) is 2.16. The van der Waals surface area contributed by atoms with Crippen molar-refractivity contribution in [2.24, 2.45) is 0 Å². The Balaban J connectivity index is 1.53. The van der Waals surface area contributed by atoms with E-state index in [1.165, 1.54) is 25.7 Å². The smallest absolute Gasteiger partial charge is 0.213 e. The molecule has 1 heterocycles. The van der Waals surface area contributed by atoms with Crippen molar-refractivity contribution in [2.45, 2.75) is 50.9 Å². The zero-order chi connectivity index (χ0) is 12.6. The first kappa shape index (κ1) is 13.5. The van der Waals surface area contributed by atoms with Gasteiger partial charge in [0.1, 0.15) is 0 Å². The van der Waals surface area contributed by atoms with E-state index in [1.807, 2.05) is 0 Å². The van der Waals surface area contributed by atoms with E-state index in [2.05, 4.69) is 20.0 Å². The lowest BCUT2D eigenvalue weighted by Gasteiger charge is -2.23. The van der Waals surface area contributed by atoms with Crippen molar-refractivity contribution in [2.75, 3.05) is 13.2 Å². The summed E-state index contributed by atoms with van der Waals surface area (Å²) in [6.45, 7) is 1.36. The number of aliphatic hydroxyl groups excluding tert-OH is 1. The second kappa shape index (κ2) is 7.45. The van der Waals surface area contributed by atoms with Gasteiger partial charge in [0.15, 0.2) is 5.82 Å². The summed E-state index contributed by atoms with van der Waals surface area (Å²) < 4.78 is 10.3. The van der Waals surface area contributed by atoms with E-state index < -0.39 is 6.10 Å². The normalized spacial score (nSPS) is 18.9. The van der Waals surface area contributed by atoms with Gasteiger partial charge < -0.3 is 19.7 Å². The molecule has 0 saturated heterocycles. The van der Waals surface area contributed by atoms with Crippen molar-refractivity contribution >= 4 is 0 Å². The first-order valence-electron chi connectivity index (χ1n) is 6.60. The molecule has 18 heavy (non-hydrogen) atoms. The van der Waals surface area contributed by atoms with Gasteiger partial charge >= 0.3 is 0 Å². The molecule has 2 N–H and O–H groups in total. The number of hydrogen-bond donors (Lipinski definition) is 2. The molecule has 6 nitrogen and oxygen atoms in total.